The minimum atomic E-state index is -0.00856. The molecule has 0 aliphatic carbocycles. The molecule has 1 fully saturated rings. The Morgan fingerprint density at radius 3 is 2.90 bits per heavy atom. The number of ether oxygens (including phenoxy) is 1. The third-order valence-electron chi connectivity index (χ3n) is 3.57. The van der Waals surface area contributed by atoms with Crippen molar-refractivity contribution >= 4 is 27.5 Å². The van der Waals surface area contributed by atoms with Crippen molar-refractivity contribution in [3.05, 3.63) is 29.1 Å². The molecule has 1 aliphatic heterocycles. The van der Waals surface area contributed by atoms with Gasteiger partial charge in [-0.3, -0.25) is 4.79 Å². The standard InChI is InChI=1S/C14H17N3O2S/c1-17-11-4-2-3-5-12(11)20-14(17)16-15-13(18)10-6-8-19-9-7-10/h2-5,10H,6-9H2,1H3,(H,15,18)/b16-14+. The largest absolute Gasteiger partial charge is 0.381 e. The van der Waals surface area contributed by atoms with Gasteiger partial charge in [-0.25, -0.2) is 5.43 Å². The lowest BCUT2D eigenvalue weighted by Crippen LogP contribution is -2.33. The van der Waals surface area contributed by atoms with E-state index in [1.165, 1.54) is 0 Å². The monoisotopic (exact) mass is 291 g/mol. The van der Waals surface area contributed by atoms with Crippen LogP contribution in [-0.4, -0.2) is 23.7 Å². The molecule has 1 aromatic heterocycles. The first-order chi connectivity index (χ1) is 9.75. The van der Waals surface area contributed by atoms with Crippen LogP contribution in [-0.2, 0) is 16.6 Å². The zero-order valence-electron chi connectivity index (χ0n) is 11.3. The number of aromatic nitrogens is 1. The number of carbonyl (C=O) groups is 1. The summed E-state index contributed by atoms with van der Waals surface area (Å²) in [4.78, 5) is 12.8. The number of rotatable bonds is 2. The van der Waals surface area contributed by atoms with Gasteiger partial charge in [0.1, 0.15) is 0 Å². The summed E-state index contributed by atoms with van der Waals surface area (Å²) < 4.78 is 8.41. The summed E-state index contributed by atoms with van der Waals surface area (Å²) >= 11 is 1.57. The predicted octanol–water partition coefficient (Wildman–Crippen LogP) is 1.60. The number of hydrogen-bond acceptors (Lipinski definition) is 4. The lowest BCUT2D eigenvalue weighted by molar-refractivity contribution is -0.127. The van der Waals surface area contributed by atoms with Gasteiger partial charge in [0.05, 0.1) is 10.2 Å². The summed E-state index contributed by atoms with van der Waals surface area (Å²) in [5, 5.41) is 4.26. The summed E-state index contributed by atoms with van der Waals surface area (Å²) in [6, 6.07) is 8.10. The second-order valence-electron chi connectivity index (χ2n) is 4.89. The molecule has 1 aromatic carbocycles. The number of hydrogen-bond donors (Lipinski definition) is 1. The van der Waals surface area contributed by atoms with Gasteiger partial charge < -0.3 is 9.30 Å². The van der Waals surface area contributed by atoms with Crippen molar-refractivity contribution in [2.75, 3.05) is 13.2 Å². The van der Waals surface area contributed by atoms with Gasteiger partial charge in [0, 0.05) is 26.2 Å². The van der Waals surface area contributed by atoms with E-state index in [9.17, 15) is 4.79 Å². The Labute approximate surface area is 120 Å². The number of para-hydroxylation sites is 1. The second-order valence-corrected chi connectivity index (χ2v) is 5.89. The molecular weight excluding hydrogens is 274 g/mol. The number of aryl methyl sites for hydroxylation is 1. The molecular formula is C14H17N3O2S. The molecule has 20 heavy (non-hydrogen) atoms. The molecule has 0 atom stereocenters. The lowest BCUT2D eigenvalue weighted by atomic mass is 10.00. The molecule has 0 saturated carbocycles. The summed E-state index contributed by atoms with van der Waals surface area (Å²) in [5.74, 6) is 0.0120. The number of nitrogens with zero attached hydrogens (tertiary/aromatic N) is 2. The predicted molar refractivity (Wildman–Crippen MR) is 78.0 cm³/mol. The van der Waals surface area contributed by atoms with Gasteiger partial charge in [-0.15, -0.1) is 5.10 Å². The normalized spacial score (nSPS) is 17.6. The quantitative estimate of drug-likeness (QED) is 0.854. The molecule has 1 amide bonds. The van der Waals surface area contributed by atoms with Crippen molar-refractivity contribution in [1.29, 1.82) is 0 Å². The first-order valence-corrected chi connectivity index (χ1v) is 7.53. The van der Waals surface area contributed by atoms with Gasteiger partial charge in [0.2, 0.25) is 10.7 Å². The summed E-state index contributed by atoms with van der Waals surface area (Å²) in [7, 11) is 1.96. The number of benzene rings is 1. The van der Waals surface area contributed by atoms with Crippen LogP contribution >= 0.6 is 11.3 Å². The lowest BCUT2D eigenvalue weighted by Gasteiger charge is -2.19. The van der Waals surface area contributed by atoms with Crippen LogP contribution in [0.15, 0.2) is 29.4 Å². The van der Waals surface area contributed by atoms with Crippen LogP contribution in [0.2, 0.25) is 0 Å². The van der Waals surface area contributed by atoms with Gasteiger partial charge in [0.15, 0.2) is 0 Å². The topological polar surface area (TPSA) is 55.6 Å². The van der Waals surface area contributed by atoms with E-state index in [0.29, 0.717) is 13.2 Å². The Bertz CT molecular complexity index is 683. The molecule has 0 bridgehead atoms. The fourth-order valence-electron chi connectivity index (χ4n) is 2.34. The number of carbonyl (C=O) groups excluding carboxylic acids is 1. The molecule has 2 aromatic rings. The smallest absolute Gasteiger partial charge is 0.243 e. The van der Waals surface area contributed by atoms with Crippen molar-refractivity contribution in [1.82, 2.24) is 9.99 Å². The molecule has 3 rings (SSSR count). The molecule has 6 heteroatoms. The molecule has 1 N–H and O–H groups in total. The van der Waals surface area contributed by atoms with Crippen LogP contribution in [0.25, 0.3) is 10.2 Å². The van der Waals surface area contributed by atoms with Crippen molar-refractivity contribution in [3.8, 4) is 0 Å². The van der Waals surface area contributed by atoms with E-state index in [2.05, 4.69) is 16.6 Å². The molecule has 0 radical (unpaired) electrons. The van der Waals surface area contributed by atoms with E-state index in [1.807, 2.05) is 29.8 Å². The zero-order chi connectivity index (χ0) is 13.9. The van der Waals surface area contributed by atoms with E-state index >= 15 is 0 Å². The fraction of sp³-hybridized carbons (Fsp3) is 0.429. The van der Waals surface area contributed by atoms with Crippen LogP contribution in [0.1, 0.15) is 12.8 Å². The third-order valence-corrected chi connectivity index (χ3v) is 4.68. The first-order valence-electron chi connectivity index (χ1n) is 6.71. The number of thiazole rings is 1. The first kappa shape index (κ1) is 13.3. The Hall–Kier alpha value is -1.66. The average molecular weight is 291 g/mol. The highest BCUT2D eigenvalue weighted by Crippen LogP contribution is 2.16. The van der Waals surface area contributed by atoms with Crippen LogP contribution in [0, 0.1) is 5.92 Å². The Morgan fingerprint density at radius 2 is 2.15 bits per heavy atom. The zero-order valence-corrected chi connectivity index (χ0v) is 12.2. The number of nitrogens with one attached hydrogen (secondary N) is 1. The van der Waals surface area contributed by atoms with E-state index in [0.717, 1.165) is 27.9 Å². The molecule has 0 unspecified atom stereocenters. The van der Waals surface area contributed by atoms with Gasteiger partial charge in [-0.1, -0.05) is 23.5 Å². The average Bonchev–Trinajstić information content (AvgIpc) is 2.83. The van der Waals surface area contributed by atoms with Crippen molar-refractivity contribution in [2.45, 2.75) is 12.8 Å². The van der Waals surface area contributed by atoms with Crippen LogP contribution in [0.5, 0.6) is 0 Å². The second kappa shape index (κ2) is 5.76. The van der Waals surface area contributed by atoms with Crippen molar-refractivity contribution in [2.24, 2.45) is 18.1 Å². The van der Waals surface area contributed by atoms with Crippen molar-refractivity contribution < 1.29 is 9.53 Å². The fourth-order valence-corrected chi connectivity index (χ4v) is 3.32. The molecule has 5 nitrogen and oxygen atoms in total. The van der Waals surface area contributed by atoms with Gasteiger partial charge in [0.25, 0.3) is 0 Å². The van der Waals surface area contributed by atoms with Gasteiger partial charge in [-0.05, 0) is 25.0 Å². The number of fused-ring (bicyclic) bond motifs is 1. The van der Waals surface area contributed by atoms with E-state index in [1.54, 1.807) is 11.3 Å². The number of amides is 1. The highest BCUT2D eigenvalue weighted by atomic mass is 32.1. The Kier molecular flexibility index (Phi) is 3.84. The minimum absolute atomic E-state index is 0.00856. The van der Waals surface area contributed by atoms with Gasteiger partial charge >= 0.3 is 0 Å². The molecule has 2 heterocycles. The maximum absolute atomic E-state index is 12.0. The third kappa shape index (κ3) is 2.62. The van der Waals surface area contributed by atoms with Gasteiger partial charge in [-0.2, -0.15) is 0 Å². The molecule has 1 aliphatic rings. The van der Waals surface area contributed by atoms with Crippen LogP contribution < -0.4 is 10.2 Å². The minimum Gasteiger partial charge on any atom is -0.381 e. The molecule has 1 saturated heterocycles. The van der Waals surface area contributed by atoms with E-state index < -0.39 is 0 Å². The summed E-state index contributed by atoms with van der Waals surface area (Å²) in [6.45, 7) is 1.32. The highest BCUT2D eigenvalue weighted by Gasteiger charge is 2.21. The summed E-state index contributed by atoms with van der Waals surface area (Å²) in [6.07, 6.45) is 1.56. The van der Waals surface area contributed by atoms with Crippen molar-refractivity contribution in [3.63, 3.8) is 0 Å². The maximum atomic E-state index is 12.0. The van der Waals surface area contributed by atoms with E-state index in [4.69, 9.17) is 4.74 Å². The molecule has 106 valence electrons. The van der Waals surface area contributed by atoms with Crippen LogP contribution in [0.3, 0.4) is 0 Å². The summed E-state index contributed by atoms with van der Waals surface area (Å²) in [5.41, 5.74) is 3.81. The molecule has 0 spiro atoms. The Balaban J connectivity index is 1.80. The van der Waals surface area contributed by atoms with E-state index in [-0.39, 0.29) is 11.8 Å². The highest BCUT2D eigenvalue weighted by molar-refractivity contribution is 7.16. The SMILES string of the molecule is Cn1/c(=N\NC(=O)C2CCOCC2)sc2ccccc21. The maximum Gasteiger partial charge on any atom is 0.243 e. The Morgan fingerprint density at radius 1 is 1.40 bits per heavy atom. The van der Waals surface area contributed by atoms with Crippen LogP contribution in [0.4, 0.5) is 0 Å².